The maximum Gasteiger partial charge on any atom is 0.233 e. The number of aromatic nitrogens is 1. The number of carbonyl (C=O) groups is 2. The Kier molecular flexibility index (Phi) is 5.23. The van der Waals surface area contributed by atoms with E-state index in [1.54, 1.807) is 17.2 Å². The summed E-state index contributed by atoms with van der Waals surface area (Å²) in [5.74, 6) is -0.407. The summed E-state index contributed by atoms with van der Waals surface area (Å²) in [5.41, 5.74) is 0.0836. The normalized spacial score (nSPS) is 14.3. The van der Waals surface area contributed by atoms with Crippen molar-refractivity contribution in [1.29, 1.82) is 0 Å². The predicted octanol–water partition coefficient (Wildman–Crippen LogP) is 1.90. The maximum absolute atomic E-state index is 13.5. The number of nitrogens with one attached hydrogen (secondary N) is 1. The molecule has 2 aromatic rings. The van der Waals surface area contributed by atoms with Crippen molar-refractivity contribution in [2.24, 2.45) is 0 Å². The number of halogens is 1. The molecule has 7 heteroatoms. The molecule has 1 N–H and O–H groups in total. The Labute approximate surface area is 145 Å². The highest BCUT2D eigenvalue weighted by Crippen LogP contribution is 2.15. The van der Waals surface area contributed by atoms with Crippen molar-refractivity contribution in [3.05, 3.63) is 54.5 Å². The molecule has 0 aliphatic carbocycles. The molecule has 1 aliphatic heterocycles. The minimum Gasteiger partial charge on any atom is -0.353 e. The molecule has 1 fully saturated rings. The van der Waals surface area contributed by atoms with Crippen LogP contribution >= 0.6 is 0 Å². The topological polar surface area (TPSA) is 65.5 Å². The van der Waals surface area contributed by atoms with E-state index in [-0.39, 0.29) is 18.0 Å². The van der Waals surface area contributed by atoms with Crippen molar-refractivity contribution in [1.82, 2.24) is 9.88 Å². The van der Waals surface area contributed by atoms with Gasteiger partial charge in [-0.05, 0) is 24.3 Å². The van der Waals surface area contributed by atoms with Crippen LogP contribution in [0, 0.1) is 5.82 Å². The zero-order valence-electron chi connectivity index (χ0n) is 13.7. The molecule has 1 aliphatic rings. The number of carbonyl (C=O) groups excluding carboxylic acids is 2. The van der Waals surface area contributed by atoms with Crippen LogP contribution in [0.15, 0.2) is 48.7 Å². The van der Waals surface area contributed by atoms with Gasteiger partial charge in [-0.1, -0.05) is 18.2 Å². The van der Waals surface area contributed by atoms with Crippen LogP contribution in [0.4, 0.5) is 15.9 Å². The lowest BCUT2D eigenvalue weighted by Crippen LogP contribution is -2.49. The molecule has 2 amide bonds. The molecular formula is C18H19FN4O2. The zero-order valence-corrected chi connectivity index (χ0v) is 13.7. The number of nitrogens with zero attached hydrogens (tertiary/aromatic N) is 3. The van der Waals surface area contributed by atoms with E-state index >= 15 is 0 Å². The number of benzene rings is 1. The van der Waals surface area contributed by atoms with Crippen LogP contribution in [-0.2, 0) is 9.59 Å². The van der Waals surface area contributed by atoms with Gasteiger partial charge in [0.2, 0.25) is 11.8 Å². The smallest absolute Gasteiger partial charge is 0.233 e. The zero-order chi connectivity index (χ0) is 17.6. The summed E-state index contributed by atoms with van der Waals surface area (Å²) in [6.07, 6.45) is 1.44. The highest BCUT2D eigenvalue weighted by atomic mass is 19.1. The molecule has 130 valence electrons. The molecule has 0 saturated carbocycles. The van der Waals surface area contributed by atoms with Gasteiger partial charge in [0, 0.05) is 32.4 Å². The van der Waals surface area contributed by atoms with Gasteiger partial charge in [-0.15, -0.1) is 0 Å². The van der Waals surface area contributed by atoms with Gasteiger partial charge >= 0.3 is 0 Å². The lowest BCUT2D eigenvalue weighted by molar-refractivity contribution is -0.134. The van der Waals surface area contributed by atoms with Crippen molar-refractivity contribution in [3.63, 3.8) is 0 Å². The third-order valence-electron chi connectivity index (χ3n) is 4.07. The molecule has 0 bridgehead atoms. The SMILES string of the molecule is O=C(CC(=O)N1CCN(c2ccccn2)CC1)Nc1ccccc1F. The van der Waals surface area contributed by atoms with Crippen molar-refractivity contribution in [2.75, 3.05) is 36.4 Å². The first-order chi connectivity index (χ1) is 12.1. The van der Waals surface area contributed by atoms with Gasteiger partial charge in [0.25, 0.3) is 0 Å². The van der Waals surface area contributed by atoms with Gasteiger partial charge in [0.05, 0.1) is 5.69 Å². The van der Waals surface area contributed by atoms with E-state index in [2.05, 4.69) is 15.2 Å². The van der Waals surface area contributed by atoms with Crippen LogP contribution in [0.1, 0.15) is 6.42 Å². The second kappa shape index (κ2) is 7.74. The lowest BCUT2D eigenvalue weighted by atomic mass is 10.2. The Balaban J connectivity index is 1.49. The maximum atomic E-state index is 13.5. The van der Waals surface area contributed by atoms with Crippen molar-refractivity contribution in [3.8, 4) is 0 Å². The number of para-hydroxylation sites is 1. The summed E-state index contributed by atoms with van der Waals surface area (Å²) in [6.45, 7) is 2.39. The van der Waals surface area contributed by atoms with Gasteiger partial charge in [0.1, 0.15) is 18.1 Å². The van der Waals surface area contributed by atoms with E-state index in [1.807, 2.05) is 18.2 Å². The largest absolute Gasteiger partial charge is 0.353 e. The quantitative estimate of drug-likeness (QED) is 0.862. The number of anilines is 2. The Morgan fingerprint density at radius 3 is 2.44 bits per heavy atom. The molecule has 6 nitrogen and oxygen atoms in total. The third-order valence-corrected chi connectivity index (χ3v) is 4.07. The van der Waals surface area contributed by atoms with Crippen LogP contribution in [-0.4, -0.2) is 47.9 Å². The molecule has 0 unspecified atom stereocenters. The van der Waals surface area contributed by atoms with Gasteiger partial charge in [-0.2, -0.15) is 0 Å². The molecule has 25 heavy (non-hydrogen) atoms. The molecule has 1 saturated heterocycles. The number of rotatable bonds is 4. The molecule has 1 aromatic heterocycles. The Bertz CT molecular complexity index is 746. The first-order valence-corrected chi connectivity index (χ1v) is 8.11. The third kappa shape index (κ3) is 4.32. The second-order valence-corrected chi connectivity index (χ2v) is 5.76. The molecule has 2 heterocycles. The highest BCUT2D eigenvalue weighted by molar-refractivity contribution is 6.03. The number of amides is 2. The van der Waals surface area contributed by atoms with E-state index in [0.717, 1.165) is 5.82 Å². The van der Waals surface area contributed by atoms with Crippen molar-refractivity contribution >= 4 is 23.3 Å². The molecule has 0 spiro atoms. The van der Waals surface area contributed by atoms with E-state index in [1.165, 1.54) is 18.2 Å². The molecule has 0 radical (unpaired) electrons. The first kappa shape index (κ1) is 16.9. The Morgan fingerprint density at radius 2 is 1.76 bits per heavy atom. The minimum absolute atomic E-state index is 0.0836. The van der Waals surface area contributed by atoms with Crippen LogP contribution < -0.4 is 10.2 Å². The fourth-order valence-corrected chi connectivity index (χ4v) is 2.73. The summed E-state index contributed by atoms with van der Waals surface area (Å²) in [5, 5.41) is 2.43. The van der Waals surface area contributed by atoms with Gasteiger partial charge in [0.15, 0.2) is 0 Å². The fourth-order valence-electron chi connectivity index (χ4n) is 2.73. The average molecular weight is 342 g/mol. The fraction of sp³-hybridized carbons (Fsp3) is 0.278. The number of hydrogen-bond acceptors (Lipinski definition) is 4. The van der Waals surface area contributed by atoms with E-state index < -0.39 is 11.7 Å². The Morgan fingerprint density at radius 1 is 1.04 bits per heavy atom. The molecule has 3 rings (SSSR count). The molecular weight excluding hydrogens is 323 g/mol. The lowest BCUT2D eigenvalue weighted by Gasteiger charge is -2.35. The average Bonchev–Trinajstić information content (AvgIpc) is 2.64. The van der Waals surface area contributed by atoms with Gasteiger partial charge in [-0.25, -0.2) is 9.37 Å². The van der Waals surface area contributed by atoms with Gasteiger partial charge < -0.3 is 15.1 Å². The summed E-state index contributed by atoms with van der Waals surface area (Å²) in [7, 11) is 0. The monoisotopic (exact) mass is 342 g/mol. The van der Waals surface area contributed by atoms with E-state index in [4.69, 9.17) is 0 Å². The van der Waals surface area contributed by atoms with Crippen LogP contribution in [0.2, 0.25) is 0 Å². The highest BCUT2D eigenvalue weighted by Gasteiger charge is 2.23. The van der Waals surface area contributed by atoms with E-state index in [9.17, 15) is 14.0 Å². The van der Waals surface area contributed by atoms with Gasteiger partial charge in [-0.3, -0.25) is 9.59 Å². The molecule has 1 aromatic carbocycles. The predicted molar refractivity (Wildman–Crippen MR) is 92.7 cm³/mol. The van der Waals surface area contributed by atoms with Crippen molar-refractivity contribution in [2.45, 2.75) is 6.42 Å². The Hall–Kier alpha value is -2.96. The summed E-state index contributed by atoms with van der Waals surface area (Å²) in [4.78, 5) is 32.3. The number of piperazine rings is 1. The number of pyridine rings is 1. The summed E-state index contributed by atoms with van der Waals surface area (Å²) < 4.78 is 13.5. The summed E-state index contributed by atoms with van der Waals surface area (Å²) in [6, 6.07) is 11.6. The van der Waals surface area contributed by atoms with E-state index in [0.29, 0.717) is 26.2 Å². The number of hydrogen-bond donors (Lipinski definition) is 1. The van der Waals surface area contributed by atoms with Crippen LogP contribution in [0.3, 0.4) is 0 Å². The summed E-state index contributed by atoms with van der Waals surface area (Å²) >= 11 is 0. The second-order valence-electron chi connectivity index (χ2n) is 5.76. The standard InChI is InChI=1S/C18H19FN4O2/c19-14-5-1-2-6-15(14)21-17(24)13-18(25)23-11-9-22(10-12-23)16-7-3-4-8-20-16/h1-8H,9-13H2,(H,21,24). The van der Waals surface area contributed by atoms with Crippen molar-refractivity contribution < 1.29 is 14.0 Å². The minimum atomic E-state index is -0.521. The van der Waals surface area contributed by atoms with Crippen LogP contribution in [0.25, 0.3) is 0 Å². The molecule has 0 atom stereocenters. The first-order valence-electron chi connectivity index (χ1n) is 8.11. The van der Waals surface area contributed by atoms with Crippen LogP contribution in [0.5, 0.6) is 0 Å².